The summed E-state index contributed by atoms with van der Waals surface area (Å²) in [6, 6.07) is 9.05. The van der Waals surface area contributed by atoms with E-state index in [1.165, 1.54) is 38.2 Å². The van der Waals surface area contributed by atoms with E-state index in [1.54, 1.807) is 0 Å². The lowest BCUT2D eigenvalue weighted by Gasteiger charge is -2.32. The van der Waals surface area contributed by atoms with Crippen LogP contribution in [0.15, 0.2) is 28.7 Å². The van der Waals surface area contributed by atoms with Crippen molar-refractivity contribution in [3.8, 4) is 0 Å². The summed E-state index contributed by atoms with van der Waals surface area (Å²) in [7, 11) is 0. The van der Waals surface area contributed by atoms with Crippen LogP contribution in [0.5, 0.6) is 0 Å². The van der Waals surface area contributed by atoms with E-state index >= 15 is 0 Å². The Morgan fingerprint density at radius 1 is 1.38 bits per heavy atom. The second kappa shape index (κ2) is 5.69. The van der Waals surface area contributed by atoms with E-state index in [-0.39, 0.29) is 0 Å². The van der Waals surface area contributed by atoms with Crippen molar-refractivity contribution in [2.75, 3.05) is 25.0 Å². The van der Waals surface area contributed by atoms with Gasteiger partial charge in [-0.25, -0.2) is 0 Å². The molecule has 0 aliphatic carbocycles. The van der Waals surface area contributed by atoms with Gasteiger partial charge in [-0.2, -0.15) is 0 Å². The average Bonchev–Trinajstić information content (AvgIpc) is 2.30. The lowest BCUT2D eigenvalue weighted by molar-refractivity contribution is 0.229. The third kappa shape index (κ3) is 3.22. The summed E-state index contributed by atoms with van der Waals surface area (Å²) in [5, 5.41) is 3.61. The summed E-state index contributed by atoms with van der Waals surface area (Å²) in [5.74, 6) is 0. The summed E-state index contributed by atoms with van der Waals surface area (Å²) in [5.41, 5.74) is 1.23. The average molecular weight is 283 g/mol. The molecule has 2 rings (SSSR count). The van der Waals surface area contributed by atoms with Gasteiger partial charge in [0, 0.05) is 29.3 Å². The fraction of sp³-hybridized carbons (Fsp3) is 0.538. The van der Waals surface area contributed by atoms with Gasteiger partial charge in [-0.1, -0.05) is 28.9 Å². The van der Waals surface area contributed by atoms with E-state index < -0.39 is 0 Å². The number of benzene rings is 1. The van der Waals surface area contributed by atoms with Crippen LogP contribution in [-0.4, -0.2) is 30.6 Å². The molecule has 1 aliphatic rings. The monoisotopic (exact) mass is 282 g/mol. The van der Waals surface area contributed by atoms with Crippen LogP contribution < -0.4 is 5.32 Å². The third-order valence-corrected chi connectivity index (χ3v) is 3.72. The maximum Gasteiger partial charge on any atom is 0.0353 e. The summed E-state index contributed by atoms with van der Waals surface area (Å²) >= 11 is 3.50. The van der Waals surface area contributed by atoms with Crippen molar-refractivity contribution in [1.82, 2.24) is 4.90 Å². The number of nitrogens with one attached hydrogen (secondary N) is 1. The van der Waals surface area contributed by atoms with E-state index in [2.05, 4.69) is 57.3 Å². The molecule has 0 atom stereocenters. The Kier molecular flexibility index (Phi) is 4.24. The van der Waals surface area contributed by atoms with Crippen LogP contribution in [0.1, 0.15) is 19.8 Å². The molecule has 88 valence electrons. The second-order valence-electron chi connectivity index (χ2n) is 4.36. The molecule has 1 heterocycles. The zero-order chi connectivity index (χ0) is 11.4. The van der Waals surface area contributed by atoms with Crippen molar-refractivity contribution >= 4 is 21.6 Å². The first-order valence-corrected chi connectivity index (χ1v) is 6.81. The first kappa shape index (κ1) is 11.9. The Morgan fingerprint density at radius 2 is 2.12 bits per heavy atom. The zero-order valence-electron chi connectivity index (χ0n) is 9.75. The molecule has 1 saturated heterocycles. The van der Waals surface area contributed by atoms with Crippen molar-refractivity contribution in [1.29, 1.82) is 0 Å². The molecule has 0 amide bonds. The Balaban J connectivity index is 1.87. The fourth-order valence-corrected chi connectivity index (χ4v) is 2.61. The molecule has 1 fully saturated rings. The van der Waals surface area contributed by atoms with Gasteiger partial charge in [0.15, 0.2) is 0 Å². The minimum absolute atomic E-state index is 0.636. The number of piperidine rings is 1. The maximum absolute atomic E-state index is 3.61. The Bertz CT molecular complexity index is 332. The van der Waals surface area contributed by atoms with Gasteiger partial charge < -0.3 is 10.2 Å². The van der Waals surface area contributed by atoms with Crippen LogP contribution in [0.2, 0.25) is 0 Å². The van der Waals surface area contributed by atoms with Gasteiger partial charge >= 0.3 is 0 Å². The predicted octanol–water partition coefficient (Wildman–Crippen LogP) is 3.35. The lowest BCUT2D eigenvalue weighted by atomic mass is 10.0. The zero-order valence-corrected chi connectivity index (χ0v) is 11.3. The molecule has 0 spiro atoms. The predicted molar refractivity (Wildman–Crippen MR) is 72.9 cm³/mol. The highest BCUT2D eigenvalue weighted by Gasteiger charge is 2.17. The molecule has 0 saturated carbocycles. The van der Waals surface area contributed by atoms with Gasteiger partial charge in [0.2, 0.25) is 0 Å². The number of hydrogen-bond acceptors (Lipinski definition) is 2. The van der Waals surface area contributed by atoms with Crippen LogP contribution in [-0.2, 0) is 0 Å². The normalized spacial score (nSPS) is 18.6. The van der Waals surface area contributed by atoms with E-state index in [1.807, 2.05) is 0 Å². The fourth-order valence-electron chi connectivity index (χ4n) is 2.21. The van der Waals surface area contributed by atoms with E-state index in [0.29, 0.717) is 6.04 Å². The topological polar surface area (TPSA) is 15.3 Å². The number of hydrogen-bond donors (Lipinski definition) is 1. The quantitative estimate of drug-likeness (QED) is 0.915. The summed E-state index contributed by atoms with van der Waals surface area (Å²) in [6.45, 7) is 5.87. The SMILES string of the molecule is CCN1CCC(Nc2cccc(Br)c2)CC1. The van der Waals surface area contributed by atoms with Gasteiger partial charge in [-0.15, -0.1) is 0 Å². The molecule has 1 aromatic carbocycles. The minimum Gasteiger partial charge on any atom is -0.382 e. The molecule has 2 nitrogen and oxygen atoms in total. The lowest BCUT2D eigenvalue weighted by Crippen LogP contribution is -2.38. The standard InChI is InChI=1S/C13H19BrN2/c1-2-16-8-6-12(7-9-16)15-13-5-3-4-11(14)10-13/h3-5,10,12,15H,2,6-9H2,1H3. The Labute approximate surface area is 106 Å². The number of halogens is 1. The summed E-state index contributed by atoms with van der Waals surface area (Å²) < 4.78 is 1.14. The summed E-state index contributed by atoms with van der Waals surface area (Å²) in [6.07, 6.45) is 2.50. The van der Waals surface area contributed by atoms with Gasteiger partial charge in [-0.05, 0) is 37.6 Å². The van der Waals surface area contributed by atoms with Crippen molar-refractivity contribution in [3.63, 3.8) is 0 Å². The molecule has 3 heteroatoms. The highest BCUT2D eigenvalue weighted by molar-refractivity contribution is 9.10. The first-order chi connectivity index (χ1) is 7.78. The van der Waals surface area contributed by atoms with E-state index in [9.17, 15) is 0 Å². The highest BCUT2D eigenvalue weighted by atomic mass is 79.9. The largest absolute Gasteiger partial charge is 0.382 e. The third-order valence-electron chi connectivity index (χ3n) is 3.23. The molecular weight excluding hydrogens is 264 g/mol. The van der Waals surface area contributed by atoms with Crippen molar-refractivity contribution in [2.45, 2.75) is 25.8 Å². The van der Waals surface area contributed by atoms with Crippen LogP contribution in [0, 0.1) is 0 Å². The molecule has 1 aromatic rings. The molecule has 0 unspecified atom stereocenters. The number of rotatable bonds is 3. The Morgan fingerprint density at radius 3 is 2.75 bits per heavy atom. The summed E-state index contributed by atoms with van der Waals surface area (Å²) in [4.78, 5) is 2.51. The second-order valence-corrected chi connectivity index (χ2v) is 5.28. The highest BCUT2D eigenvalue weighted by Crippen LogP contribution is 2.19. The molecule has 1 N–H and O–H groups in total. The van der Waals surface area contributed by atoms with Crippen molar-refractivity contribution in [2.24, 2.45) is 0 Å². The minimum atomic E-state index is 0.636. The smallest absolute Gasteiger partial charge is 0.0353 e. The van der Waals surface area contributed by atoms with Gasteiger partial charge in [0.25, 0.3) is 0 Å². The van der Waals surface area contributed by atoms with Crippen LogP contribution in [0.4, 0.5) is 5.69 Å². The van der Waals surface area contributed by atoms with Gasteiger partial charge in [0.1, 0.15) is 0 Å². The molecular formula is C13H19BrN2. The number of nitrogens with zero attached hydrogens (tertiary/aromatic N) is 1. The van der Waals surface area contributed by atoms with E-state index in [4.69, 9.17) is 0 Å². The number of anilines is 1. The first-order valence-electron chi connectivity index (χ1n) is 6.02. The van der Waals surface area contributed by atoms with E-state index in [0.717, 1.165) is 4.47 Å². The van der Waals surface area contributed by atoms with Crippen LogP contribution >= 0.6 is 15.9 Å². The number of likely N-dealkylation sites (tertiary alicyclic amines) is 1. The molecule has 0 radical (unpaired) electrons. The Hall–Kier alpha value is -0.540. The van der Waals surface area contributed by atoms with Crippen LogP contribution in [0.25, 0.3) is 0 Å². The maximum atomic E-state index is 3.61. The van der Waals surface area contributed by atoms with Gasteiger partial charge in [0.05, 0.1) is 0 Å². The van der Waals surface area contributed by atoms with Gasteiger partial charge in [-0.3, -0.25) is 0 Å². The van der Waals surface area contributed by atoms with Crippen molar-refractivity contribution < 1.29 is 0 Å². The molecule has 1 aliphatic heterocycles. The molecule has 16 heavy (non-hydrogen) atoms. The molecule has 0 aromatic heterocycles. The molecule has 0 bridgehead atoms. The van der Waals surface area contributed by atoms with Crippen LogP contribution in [0.3, 0.4) is 0 Å². The van der Waals surface area contributed by atoms with Crippen molar-refractivity contribution in [3.05, 3.63) is 28.7 Å².